The Bertz CT molecular complexity index is 1150. The molecule has 0 atom stereocenters. The van der Waals surface area contributed by atoms with Crippen LogP contribution in [0.25, 0.3) is 22.8 Å². The number of nitrogen functional groups attached to an aromatic ring is 1. The number of rotatable bonds is 5. The molecule has 7 nitrogen and oxygen atoms in total. The Balaban J connectivity index is 1.44. The summed E-state index contributed by atoms with van der Waals surface area (Å²) in [6, 6.07) is 12.3. The fourth-order valence-electron chi connectivity index (χ4n) is 2.64. The fraction of sp³-hybridized carbons (Fsp3) is 0.158. The van der Waals surface area contributed by atoms with Crippen LogP contribution in [0.4, 0.5) is 13.2 Å². The van der Waals surface area contributed by atoms with Crippen LogP contribution in [-0.4, -0.2) is 25.0 Å². The zero-order valence-corrected chi connectivity index (χ0v) is 16.4. The van der Waals surface area contributed by atoms with Gasteiger partial charge in [-0.1, -0.05) is 58.9 Å². The van der Waals surface area contributed by atoms with E-state index in [1.54, 1.807) is 0 Å². The molecule has 0 fully saturated rings. The van der Waals surface area contributed by atoms with Crippen molar-refractivity contribution in [1.29, 1.82) is 0 Å². The lowest BCUT2D eigenvalue weighted by molar-refractivity contribution is -0.137. The van der Waals surface area contributed by atoms with E-state index >= 15 is 0 Å². The van der Waals surface area contributed by atoms with Gasteiger partial charge < -0.3 is 10.4 Å². The van der Waals surface area contributed by atoms with Crippen molar-refractivity contribution in [3.8, 4) is 22.8 Å². The first-order valence-electron chi connectivity index (χ1n) is 8.72. The van der Waals surface area contributed by atoms with E-state index in [-0.39, 0.29) is 17.5 Å². The average molecular weight is 432 g/mol. The molecule has 0 radical (unpaired) electrons. The van der Waals surface area contributed by atoms with E-state index in [1.807, 2.05) is 31.2 Å². The number of nitrogens with zero attached hydrogens (tertiary/aromatic N) is 5. The normalized spacial score (nSPS) is 11.7. The first-order chi connectivity index (χ1) is 14.3. The molecule has 154 valence electrons. The molecule has 2 N–H and O–H groups in total. The third kappa shape index (κ3) is 4.15. The van der Waals surface area contributed by atoms with Gasteiger partial charge in [-0.25, -0.2) is 4.68 Å². The predicted molar refractivity (Wildman–Crippen MR) is 105 cm³/mol. The van der Waals surface area contributed by atoms with Gasteiger partial charge in [0.05, 0.1) is 11.3 Å². The van der Waals surface area contributed by atoms with Gasteiger partial charge in [0.15, 0.2) is 5.82 Å². The third-order valence-corrected chi connectivity index (χ3v) is 5.17. The smallest absolute Gasteiger partial charge is 0.338 e. The molecular formula is C19H15F3N6OS. The van der Waals surface area contributed by atoms with Crippen LogP contribution in [-0.2, 0) is 11.9 Å². The van der Waals surface area contributed by atoms with Crippen LogP contribution in [0.2, 0.25) is 0 Å². The molecule has 0 saturated carbocycles. The number of hydrogen-bond acceptors (Lipinski definition) is 7. The average Bonchev–Trinajstić information content (AvgIpc) is 3.33. The molecule has 0 bridgehead atoms. The highest BCUT2D eigenvalue weighted by molar-refractivity contribution is 7.98. The highest BCUT2D eigenvalue weighted by Crippen LogP contribution is 2.31. The first-order valence-corrected chi connectivity index (χ1v) is 9.70. The zero-order chi connectivity index (χ0) is 21.3. The summed E-state index contributed by atoms with van der Waals surface area (Å²) < 4.78 is 44.6. The number of nitrogens with two attached hydrogens (primary N) is 1. The van der Waals surface area contributed by atoms with Crippen molar-refractivity contribution in [3.63, 3.8) is 0 Å². The van der Waals surface area contributed by atoms with Crippen molar-refractivity contribution in [2.75, 3.05) is 5.84 Å². The van der Waals surface area contributed by atoms with Crippen LogP contribution in [0.5, 0.6) is 0 Å². The van der Waals surface area contributed by atoms with Gasteiger partial charge in [0.2, 0.25) is 16.9 Å². The van der Waals surface area contributed by atoms with E-state index in [0.29, 0.717) is 16.5 Å². The number of thioether (sulfide) groups is 1. The van der Waals surface area contributed by atoms with Crippen LogP contribution in [0, 0.1) is 6.92 Å². The Kier molecular flexibility index (Phi) is 5.20. The summed E-state index contributed by atoms with van der Waals surface area (Å²) in [5.41, 5.74) is 1.64. The second kappa shape index (κ2) is 7.82. The molecule has 4 rings (SSSR count). The van der Waals surface area contributed by atoms with Crippen molar-refractivity contribution >= 4 is 11.8 Å². The minimum Gasteiger partial charge on any atom is -0.338 e. The van der Waals surface area contributed by atoms with Crippen LogP contribution in [0.15, 0.2) is 58.2 Å². The van der Waals surface area contributed by atoms with E-state index in [1.165, 1.54) is 28.6 Å². The van der Waals surface area contributed by atoms with Gasteiger partial charge in [-0.3, -0.25) is 0 Å². The molecule has 0 aliphatic carbocycles. The highest BCUT2D eigenvalue weighted by atomic mass is 32.2. The van der Waals surface area contributed by atoms with Gasteiger partial charge in [0.25, 0.3) is 0 Å². The molecular weight excluding hydrogens is 417 g/mol. The summed E-state index contributed by atoms with van der Waals surface area (Å²) in [6.07, 6.45) is -4.40. The lowest BCUT2D eigenvalue weighted by Gasteiger charge is -2.05. The number of hydrogen-bond donors (Lipinski definition) is 1. The summed E-state index contributed by atoms with van der Waals surface area (Å²) in [6.45, 7) is 1.99. The maximum absolute atomic E-state index is 12.7. The summed E-state index contributed by atoms with van der Waals surface area (Å²) >= 11 is 1.25. The van der Waals surface area contributed by atoms with Crippen LogP contribution < -0.4 is 5.84 Å². The lowest BCUT2D eigenvalue weighted by atomic mass is 10.1. The summed E-state index contributed by atoms with van der Waals surface area (Å²) in [7, 11) is 0. The topological polar surface area (TPSA) is 95.6 Å². The Hall–Kier alpha value is -3.34. The molecule has 0 aliphatic heterocycles. The zero-order valence-electron chi connectivity index (χ0n) is 15.6. The number of aromatic nitrogens is 5. The van der Waals surface area contributed by atoms with Crippen molar-refractivity contribution < 1.29 is 17.7 Å². The van der Waals surface area contributed by atoms with E-state index in [4.69, 9.17) is 10.4 Å². The molecule has 2 heterocycles. The summed E-state index contributed by atoms with van der Waals surface area (Å²) in [5.74, 6) is 7.38. The van der Waals surface area contributed by atoms with Crippen molar-refractivity contribution in [1.82, 2.24) is 25.0 Å². The summed E-state index contributed by atoms with van der Waals surface area (Å²) in [4.78, 5) is 4.21. The molecule has 0 amide bonds. The van der Waals surface area contributed by atoms with Gasteiger partial charge in [0, 0.05) is 11.1 Å². The SMILES string of the molecule is Cc1ccc(-c2nnc(SCc3nc(-c4ccc(C(F)(F)F)cc4)no3)n2N)cc1. The Morgan fingerprint density at radius 1 is 1.00 bits per heavy atom. The van der Waals surface area contributed by atoms with Gasteiger partial charge in [-0.2, -0.15) is 18.2 Å². The third-order valence-electron chi connectivity index (χ3n) is 4.24. The first kappa shape index (κ1) is 20.0. The lowest BCUT2D eigenvalue weighted by Crippen LogP contribution is -2.11. The number of aryl methyl sites for hydroxylation is 1. The second-order valence-corrected chi connectivity index (χ2v) is 7.36. The molecule has 2 aromatic heterocycles. The molecule has 4 aromatic rings. The van der Waals surface area contributed by atoms with Gasteiger partial charge >= 0.3 is 6.18 Å². The van der Waals surface area contributed by atoms with Gasteiger partial charge in [-0.05, 0) is 19.1 Å². The van der Waals surface area contributed by atoms with Gasteiger partial charge in [-0.15, -0.1) is 10.2 Å². The Labute approximate surface area is 173 Å². The van der Waals surface area contributed by atoms with E-state index in [0.717, 1.165) is 23.3 Å². The Morgan fingerprint density at radius 3 is 2.33 bits per heavy atom. The standard InChI is InChI=1S/C19H15F3N6OS/c1-11-2-4-13(5-3-11)17-25-26-18(28(17)23)30-10-15-24-16(27-29-15)12-6-8-14(9-7-12)19(20,21)22/h2-9H,10,23H2,1H3. The monoisotopic (exact) mass is 432 g/mol. The largest absolute Gasteiger partial charge is 0.416 e. The molecule has 30 heavy (non-hydrogen) atoms. The van der Waals surface area contributed by atoms with E-state index in [9.17, 15) is 13.2 Å². The maximum Gasteiger partial charge on any atom is 0.416 e. The molecule has 0 aliphatic rings. The van der Waals surface area contributed by atoms with E-state index in [2.05, 4.69) is 20.3 Å². The predicted octanol–water partition coefficient (Wildman–Crippen LogP) is 4.33. The Morgan fingerprint density at radius 2 is 1.67 bits per heavy atom. The van der Waals surface area contributed by atoms with Crippen molar-refractivity contribution in [3.05, 3.63) is 65.5 Å². The number of alkyl halides is 3. The van der Waals surface area contributed by atoms with Crippen LogP contribution in [0.1, 0.15) is 17.0 Å². The second-order valence-electron chi connectivity index (χ2n) is 6.42. The molecule has 0 saturated heterocycles. The number of benzene rings is 2. The maximum atomic E-state index is 12.7. The molecule has 2 aromatic carbocycles. The quantitative estimate of drug-likeness (QED) is 0.370. The molecule has 0 unspecified atom stereocenters. The summed E-state index contributed by atoms with van der Waals surface area (Å²) in [5, 5.41) is 12.5. The molecule has 0 spiro atoms. The highest BCUT2D eigenvalue weighted by Gasteiger charge is 2.30. The van der Waals surface area contributed by atoms with Crippen LogP contribution >= 0.6 is 11.8 Å². The minimum atomic E-state index is -4.40. The van der Waals surface area contributed by atoms with Crippen LogP contribution in [0.3, 0.4) is 0 Å². The van der Waals surface area contributed by atoms with Crippen molar-refractivity contribution in [2.24, 2.45) is 0 Å². The fourth-order valence-corrected chi connectivity index (χ4v) is 3.33. The van der Waals surface area contributed by atoms with Gasteiger partial charge in [0.1, 0.15) is 0 Å². The van der Waals surface area contributed by atoms with Crippen molar-refractivity contribution in [2.45, 2.75) is 24.0 Å². The minimum absolute atomic E-state index is 0.203. The number of halogens is 3. The molecule has 11 heteroatoms. The van der Waals surface area contributed by atoms with E-state index < -0.39 is 11.7 Å².